The van der Waals surface area contributed by atoms with Crippen molar-refractivity contribution in [3.05, 3.63) is 35.9 Å². The van der Waals surface area contributed by atoms with E-state index in [4.69, 9.17) is 4.74 Å². The van der Waals surface area contributed by atoms with Crippen LogP contribution >= 0.6 is 0 Å². The molecule has 0 aliphatic rings. The lowest BCUT2D eigenvalue weighted by atomic mass is 9.91. The summed E-state index contributed by atoms with van der Waals surface area (Å²) in [5.74, 6) is -0.718. The van der Waals surface area contributed by atoms with Crippen LogP contribution in [0, 0.1) is 0 Å². The molecular weight excluding hydrogens is 216 g/mol. The van der Waals surface area contributed by atoms with Gasteiger partial charge in [-0.05, 0) is 18.9 Å². The minimum atomic E-state index is -0.438. The van der Waals surface area contributed by atoms with E-state index in [1.165, 1.54) is 0 Å². The summed E-state index contributed by atoms with van der Waals surface area (Å²) in [6.07, 6.45) is 0.559. The lowest BCUT2D eigenvalue weighted by molar-refractivity contribution is -0.145. The Hall–Kier alpha value is -1.64. The Balaban J connectivity index is 2.68. The second-order valence-corrected chi connectivity index (χ2v) is 3.82. The van der Waals surface area contributed by atoms with Gasteiger partial charge in [-0.1, -0.05) is 37.3 Å². The van der Waals surface area contributed by atoms with E-state index in [0.29, 0.717) is 13.0 Å². The van der Waals surface area contributed by atoms with Crippen LogP contribution in [0.3, 0.4) is 0 Å². The average molecular weight is 234 g/mol. The van der Waals surface area contributed by atoms with Gasteiger partial charge in [0, 0.05) is 5.92 Å². The van der Waals surface area contributed by atoms with E-state index in [0.717, 1.165) is 5.56 Å². The standard InChI is InChI=1S/C14H18O3/c1-3-12(11-8-6-5-7-9-11)13(15)10-14(16)17-4-2/h5-9,12H,3-4,10H2,1-2H3/t12-/m1/s1. The molecule has 3 heteroatoms. The van der Waals surface area contributed by atoms with Crippen molar-refractivity contribution in [1.29, 1.82) is 0 Å². The summed E-state index contributed by atoms with van der Waals surface area (Å²) >= 11 is 0. The molecule has 1 rings (SSSR count). The molecule has 92 valence electrons. The highest BCUT2D eigenvalue weighted by atomic mass is 16.5. The molecule has 1 aromatic rings. The van der Waals surface area contributed by atoms with E-state index in [9.17, 15) is 9.59 Å². The van der Waals surface area contributed by atoms with Gasteiger partial charge in [0.25, 0.3) is 0 Å². The van der Waals surface area contributed by atoms with Crippen LogP contribution in [0.1, 0.15) is 38.2 Å². The number of carbonyl (C=O) groups excluding carboxylic acids is 2. The Morgan fingerprint density at radius 2 is 1.82 bits per heavy atom. The van der Waals surface area contributed by atoms with Crippen molar-refractivity contribution in [3.63, 3.8) is 0 Å². The fourth-order valence-electron chi connectivity index (χ4n) is 1.81. The third kappa shape index (κ3) is 4.02. The first kappa shape index (κ1) is 13.4. The Kier molecular flexibility index (Phi) is 5.40. The molecule has 1 aromatic carbocycles. The van der Waals surface area contributed by atoms with Gasteiger partial charge in [0.1, 0.15) is 6.42 Å². The Bertz CT molecular complexity index is 370. The normalized spacial score (nSPS) is 11.9. The minimum absolute atomic E-state index is 0.0721. The molecule has 0 fully saturated rings. The van der Waals surface area contributed by atoms with Gasteiger partial charge in [-0.25, -0.2) is 0 Å². The maximum absolute atomic E-state index is 12.0. The largest absolute Gasteiger partial charge is 0.466 e. The van der Waals surface area contributed by atoms with Crippen LogP contribution in [0.5, 0.6) is 0 Å². The molecule has 0 aliphatic carbocycles. The zero-order valence-electron chi connectivity index (χ0n) is 10.3. The predicted molar refractivity (Wildman–Crippen MR) is 65.7 cm³/mol. The second kappa shape index (κ2) is 6.84. The van der Waals surface area contributed by atoms with E-state index >= 15 is 0 Å². The number of hydrogen-bond donors (Lipinski definition) is 0. The average Bonchev–Trinajstić information content (AvgIpc) is 2.31. The molecule has 1 atom stereocenters. The van der Waals surface area contributed by atoms with Gasteiger partial charge in [0.2, 0.25) is 0 Å². The number of esters is 1. The second-order valence-electron chi connectivity index (χ2n) is 3.82. The smallest absolute Gasteiger partial charge is 0.313 e. The van der Waals surface area contributed by atoms with Crippen molar-refractivity contribution < 1.29 is 14.3 Å². The number of ether oxygens (including phenoxy) is 1. The summed E-state index contributed by atoms with van der Waals surface area (Å²) in [6.45, 7) is 3.99. The molecule has 0 spiro atoms. The predicted octanol–water partition coefficient (Wildman–Crippen LogP) is 2.70. The third-order valence-corrected chi connectivity index (χ3v) is 2.62. The van der Waals surface area contributed by atoms with Crippen molar-refractivity contribution >= 4 is 11.8 Å². The zero-order chi connectivity index (χ0) is 12.7. The lowest BCUT2D eigenvalue weighted by Gasteiger charge is -2.13. The molecule has 0 radical (unpaired) electrons. The van der Waals surface area contributed by atoms with Crippen LogP contribution in [0.2, 0.25) is 0 Å². The highest BCUT2D eigenvalue weighted by molar-refractivity contribution is 5.99. The number of ketones is 1. The van der Waals surface area contributed by atoms with E-state index in [1.807, 2.05) is 37.3 Å². The summed E-state index contributed by atoms with van der Waals surface area (Å²) in [5, 5.41) is 0. The maximum Gasteiger partial charge on any atom is 0.313 e. The fraction of sp³-hybridized carbons (Fsp3) is 0.429. The van der Waals surface area contributed by atoms with Crippen molar-refractivity contribution in [3.8, 4) is 0 Å². The van der Waals surface area contributed by atoms with Crippen LogP contribution in [-0.4, -0.2) is 18.4 Å². The molecule has 0 aliphatic heterocycles. The quantitative estimate of drug-likeness (QED) is 0.561. The molecule has 0 amide bonds. The zero-order valence-corrected chi connectivity index (χ0v) is 10.3. The minimum Gasteiger partial charge on any atom is -0.466 e. The third-order valence-electron chi connectivity index (χ3n) is 2.62. The van der Waals surface area contributed by atoms with Gasteiger partial charge in [-0.3, -0.25) is 9.59 Å². The van der Waals surface area contributed by atoms with Gasteiger partial charge < -0.3 is 4.74 Å². The summed E-state index contributed by atoms with van der Waals surface area (Å²) in [6, 6.07) is 9.53. The van der Waals surface area contributed by atoms with Crippen molar-refractivity contribution in [2.24, 2.45) is 0 Å². The first-order chi connectivity index (χ1) is 8.19. The highest BCUT2D eigenvalue weighted by Crippen LogP contribution is 2.21. The Morgan fingerprint density at radius 1 is 1.18 bits per heavy atom. The van der Waals surface area contributed by atoms with E-state index in [1.54, 1.807) is 6.92 Å². The van der Waals surface area contributed by atoms with Gasteiger partial charge in [-0.2, -0.15) is 0 Å². The lowest BCUT2D eigenvalue weighted by Crippen LogP contribution is -2.17. The molecule has 3 nitrogen and oxygen atoms in total. The Morgan fingerprint density at radius 3 is 2.35 bits per heavy atom. The van der Waals surface area contributed by atoms with Crippen molar-refractivity contribution in [2.75, 3.05) is 6.61 Å². The van der Waals surface area contributed by atoms with E-state index in [2.05, 4.69) is 0 Å². The summed E-state index contributed by atoms with van der Waals surface area (Å²) in [5.41, 5.74) is 0.962. The molecule has 0 bridgehead atoms. The highest BCUT2D eigenvalue weighted by Gasteiger charge is 2.21. The van der Waals surface area contributed by atoms with Gasteiger partial charge in [0.15, 0.2) is 5.78 Å². The van der Waals surface area contributed by atoms with Crippen LogP contribution in [-0.2, 0) is 14.3 Å². The molecule has 0 unspecified atom stereocenters. The van der Waals surface area contributed by atoms with E-state index < -0.39 is 5.97 Å². The maximum atomic E-state index is 12.0. The van der Waals surface area contributed by atoms with Crippen LogP contribution in [0.15, 0.2) is 30.3 Å². The molecule has 0 N–H and O–H groups in total. The first-order valence-corrected chi connectivity index (χ1v) is 5.92. The number of Topliss-reactive ketones (excluding diaryl/α,β-unsaturated/α-hetero) is 1. The van der Waals surface area contributed by atoms with Gasteiger partial charge in [-0.15, -0.1) is 0 Å². The van der Waals surface area contributed by atoms with Crippen molar-refractivity contribution in [1.82, 2.24) is 0 Å². The number of benzene rings is 1. The first-order valence-electron chi connectivity index (χ1n) is 5.92. The summed E-state index contributed by atoms with van der Waals surface area (Å²) in [7, 11) is 0. The van der Waals surface area contributed by atoms with Crippen LogP contribution in [0.25, 0.3) is 0 Å². The van der Waals surface area contributed by atoms with Crippen LogP contribution in [0.4, 0.5) is 0 Å². The number of carbonyl (C=O) groups is 2. The molecule has 0 saturated carbocycles. The molecule has 0 aromatic heterocycles. The van der Waals surface area contributed by atoms with E-state index in [-0.39, 0.29) is 18.1 Å². The van der Waals surface area contributed by atoms with Gasteiger partial charge >= 0.3 is 5.97 Å². The fourth-order valence-corrected chi connectivity index (χ4v) is 1.81. The summed E-state index contributed by atoms with van der Waals surface area (Å²) in [4.78, 5) is 23.2. The number of rotatable bonds is 6. The molecule has 0 saturated heterocycles. The molecule has 0 heterocycles. The van der Waals surface area contributed by atoms with Crippen molar-refractivity contribution in [2.45, 2.75) is 32.6 Å². The molecular formula is C14H18O3. The summed E-state index contributed by atoms with van der Waals surface area (Å²) < 4.78 is 4.78. The molecule has 17 heavy (non-hydrogen) atoms. The monoisotopic (exact) mass is 234 g/mol. The van der Waals surface area contributed by atoms with Gasteiger partial charge in [0.05, 0.1) is 6.61 Å². The number of hydrogen-bond acceptors (Lipinski definition) is 3. The topological polar surface area (TPSA) is 43.4 Å². The van der Waals surface area contributed by atoms with Crippen LogP contribution < -0.4 is 0 Å². The Labute approximate surface area is 102 Å². The SMILES string of the molecule is CCOC(=O)CC(=O)[C@H](CC)c1ccccc1.